The van der Waals surface area contributed by atoms with Crippen molar-refractivity contribution in [2.75, 3.05) is 12.0 Å². The van der Waals surface area contributed by atoms with E-state index in [4.69, 9.17) is 5.73 Å². The third kappa shape index (κ3) is 2.46. The van der Waals surface area contributed by atoms with Crippen molar-refractivity contribution in [2.24, 2.45) is 23.5 Å². The van der Waals surface area contributed by atoms with E-state index in [1.165, 1.54) is 44.3 Å². The fraction of sp³-hybridized carbons (Fsp3) is 1.00. The molecule has 0 aromatic heterocycles. The van der Waals surface area contributed by atoms with E-state index in [0.29, 0.717) is 6.04 Å². The van der Waals surface area contributed by atoms with Crippen LogP contribution in [-0.2, 0) is 0 Å². The molecular weight excluding hydrogens is 190 g/mol. The second-order valence-corrected chi connectivity index (χ2v) is 6.20. The summed E-state index contributed by atoms with van der Waals surface area (Å²) in [7, 11) is 0. The predicted molar refractivity (Wildman–Crippen MR) is 64.5 cm³/mol. The fourth-order valence-electron chi connectivity index (χ4n) is 3.44. The second-order valence-electron chi connectivity index (χ2n) is 5.21. The van der Waals surface area contributed by atoms with Crippen molar-refractivity contribution in [3.8, 4) is 0 Å². The number of rotatable bonds is 5. The smallest absolute Gasteiger partial charge is 0.00494 e. The highest BCUT2D eigenvalue weighted by Crippen LogP contribution is 2.49. The van der Waals surface area contributed by atoms with Gasteiger partial charge in [0.15, 0.2) is 0 Å². The van der Waals surface area contributed by atoms with Gasteiger partial charge in [0.25, 0.3) is 0 Å². The molecule has 0 aromatic rings. The van der Waals surface area contributed by atoms with Crippen LogP contribution in [0, 0.1) is 17.8 Å². The zero-order chi connectivity index (χ0) is 9.97. The molecule has 0 amide bonds. The highest BCUT2D eigenvalue weighted by atomic mass is 32.2. The molecule has 0 aromatic carbocycles. The normalized spacial score (nSPS) is 37.7. The summed E-state index contributed by atoms with van der Waals surface area (Å²) < 4.78 is 0. The first-order valence-corrected chi connectivity index (χ1v) is 7.43. The van der Waals surface area contributed by atoms with E-state index in [-0.39, 0.29) is 0 Å². The van der Waals surface area contributed by atoms with Gasteiger partial charge in [-0.15, -0.1) is 0 Å². The zero-order valence-electron chi connectivity index (χ0n) is 9.24. The van der Waals surface area contributed by atoms with Crippen molar-refractivity contribution in [3.63, 3.8) is 0 Å². The van der Waals surface area contributed by atoms with Gasteiger partial charge in [-0.3, -0.25) is 0 Å². The Morgan fingerprint density at radius 2 is 2.21 bits per heavy atom. The van der Waals surface area contributed by atoms with Crippen LogP contribution in [0.1, 0.15) is 38.5 Å². The van der Waals surface area contributed by atoms with Crippen LogP contribution in [0.3, 0.4) is 0 Å². The average molecular weight is 213 g/mol. The minimum atomic E-state index is 0.479. The molecule has 2 fully saturated rings. The molecule has 2 rings (SSSR count). The highest BCUT2D eigenvalue weighted by molar-refractivity contribution is 7.98. The summed E-state index contributed by atoms with van der Waals surface area (Å²) >= 11 is 1.92. The summed E-state index contributed by atoms with van der Waals surface area (Å²) in [4.78, 5) is 0. The molecule has 2 aliphatic rings. The van der Waals surface area contributed by atoms with Crippen molar-refractivity contribution in [2.45, 2.75) is 44.6 Å². The van der Waals surface area contributed by atoms with E-state index >= 15 is 0 Å². The van der Waals surface area contributed by atoms with Crippen molar-refractivity contribution in [1.29, 1.82) is 0 Å². The molecule has 0 heterocycles. The number of thioether (sulfide) groups is 1. The van der Waals surface area contributed by atoms with Crippen molar-refractivity contribution < 1.29 is 0 Å². The molecule has 2 bridgehead atoms. The van der Waals surface area contributed by atoms with Gasteiger partial charge < -0.3 is 5.73 Å². The summed E-state index contributed by atoms with van der Waals surface area (Å²) in [5.74, 6) is 4.37. The standard InChI is InChI=1S/C12H23NS/c1-14-5-4-12(13)8-11-7-9-2-3-10(11)6-9/h9-12H,2-8,13H2,1H3. The molecule has 0 saturated heterocycles. The molecule has 0 aliphatic heterocycles. The van der Waals surface area contributed by atoms with Gasteiger partial charge in [-0.1, -0.05) is 6.42 Å². The van der Waals surface area contributed by atoms with Crippen LogP contribution < -0.4 is 5.73 Å². The molecule has 1 nitrogen and oxygen atoms in total. The lowest BCUT2D eigenvalue weighted by Crippen LogP contribution is -2.26. The third-order valence-electron chi connectivity index (χ3n) is 4.18. The SMILES string of the molecule is CSCCC(N)CC1CC2CCC1C2. The lowest BCUT2D eigenvalue weighted by Gasteiger charge is -2.24. The Balaban J connectivity index is 1.70. The molecule has 2 saturated carbocycles. The second kappa shape index (κ2) is 4.89. The molecule has 4 atom stereocenters. The first-order valence-electron chi connectivity index (χ1n) is 6.04. The van der Waals surface area contributed by atoms with Gasteiger partial charge >= 0.3 is 0 Å². The quantitative estimate of drug-likeness (QED) is 0.760. The maximum absolute atomic E-state index is 6.16. The maximum Gasteiger partial charge on any atom is 0.00494 e. The van der Waals surface area contributed by atoms with Gasteiger partial charge in [-0.05, 0) is 61.9 Å². The van der Waals surface area contributed by atoms with Gasteiger partial charge in [0, 0.05) is 6.04 Å². The number of fused-ring (bicyclic) bond motifs is 2. The van der Waals surface area contributed by atoms with Crippen molar-refractivity contribution in [1.82, 2.24) is 0 Å². The topological polar surface area (TPSA) is 26.0 Å². The van der Waals surface area contributed by atoms with Gasteiger partial charge in [-0.25, -0.2) is 0 Å². The lowest BCUT2D eigenvalue weighted by molar-refractivity contribution is 0.293. The summed E-state index contributed by atoms with van der Waals surface area (Å²) in [6, 6.07) is 0.479. The minimum absolute atomic E-state index is 0.479. The number of hydrogen-bond donors (Lipinski definition) is 1. The molecule has 2 aliphatic carbocycles. The molecule has 0 radical (unpaired) electrons. The van der Waals surface area contributed by atoms with Gasteiger partial charge in [0.2, 0.25) is 0 Å². The van der Waals surface area contributed by atoms with Crippen LogP contribution in [0.25, 0.3) is 0 Å². The number of hydrogen-bond acceptors (Lipinski definition) is 2. The molecule has 4 unspecified atom stereocenters. The Morgan fingerprint density at radius 1 is 1.36 bits per heavy atom. The van der Waals surface area contributed by atoms with Crippen LogP contribution in [0.15, 0.2) is 0 Å². The molecule has 2 N–H and O–H groups in total. The zero-order valence-corrected chi connectivity index (χ0v) is 10.1. The van der Waals surface area contributed by atoms with E-state index in [1.807, 2.05) is 11.8 Å². The lowest BCUT2D eigenvalue weighted by atomic mass is 9.84. The Morgan fingerprint density at radius 3 is 2.79 bits per heavy atom. The van der Waals surface area contributed by atoms with E-state index in [2.05, 4.69) is 6.26 Å². The third-order valence-corrected chi connectivity index (χ3v) is 4.83. The first-order chi connectivity index (χ1) is 6.79. The minimum Gasteiger partial charge on any atom is -0.328 e. The van der Waals surface area contributed by atoms with Crippen molar-refractivity contribution in [3.05, 3.63) is 0 Å². The van der Waals surface area contributed by atoms with E-state index < -0.39 is 0 Å². The van der Waals surface area contributed by atoms with Gasteiger partial charge in [0.1, 0.15) is 0 Å². The van der Waals surface area contributed by atoms with E-state index in [9.17, 15) is 0 Å². The molecule has 82 valence electrons. The summed E-state index contributed by atoms with van der Waals surface area (Å²) in [5.41, 5.74) is 6.16. The molecular formula is C12H23NS. The average Bonchev–Trinajstić information content (AvgIpc) is 2.76. The molecule has 14 heavy (non-hydrogen) atoms. The highest BCUT2D eigenvalue weighted by Gasteiger charge is 2.39. The Kier molecular flexibility index (Phi) is 3.78. The van der Waals surface area contributed by atoms with Crippen molar-refractivity contribution >= 4 is 11.8 Å². The Labute approximate surface area is 92.2 Å². The van der Waals surface area contributed by atoms with Crippen LogP contribution in [0.4, 0.5) is 0 Å². The van der Waals surface area contributed by atoms with Crippen LogP contribution in [0.5, 0.6) is 0 Å². The maximum atomic E-state index is 6.16. The Bertz CT molecular complexity index is 183. The molecule has 0 spiro atoms. The predicted octanol–water partition coefficient (Wildman–Crippen LogP) is 2.89. The van der Waals surface area contributed by atoms with E-state index in [1.54, 1.807) is 0 Å². The van der Waals surface area contributed by atoms with Crippen LogP contribution in [-0.4, -0.2) is 18.1 Å². The van der Waals surface area contributed by atoms with Gasteiger partial charge in [-0.2, -0.15) is 11.8 Å². The largest absolute Gasteiger partial charge is 0.328 e. The first kappa shape index (κ1) is 10.8. The summed E-state index contributed by atoms with van der Waals surface area (Å²) in [5, 5.41) is 0. The van der Waals surface area contributed by atoms with Gasteiger partial charge in [0.05, 0.1) is 0 Å². The van der Waals surface area contributed by atoms with Crippen LogP contribution >= 0.6 is 11.8 Å². The van der Waals surface area contributed by atoms with E-state index in [0.717, 1.165) is 17.8 Å². The monoisotopic (exact) mass is 213 g/mol. The van der Waals surface area contributed by atoms with Crippen LogP contribution in [0.2, 0.25) is 0 Å². The summed E-state index contributed by atoms with van der Waals surface area (Å²) in [6.07, 6.45) is 10.7. The molecule has 2 heteroatoms. The Hall–Kier alpha value is 0.310. The number of nitrogens with two attached hydrogens (primary N) is 1. The summed E-state index contributed by atoms with van der Waals surface area (Å²) in [6.45, 7) is 0. The fourth-order valence-corrected chi connectivity index (χ4v) is 3.98.